The van der Waals surface area contributed by atoms with Crippen LogP contribution in [-0.4, -0.2) is 17.5 Å². The smallest absolute Gasteiger partial charge is 0.292 e. The fourth-order valence-corrected chi connectivity index (χ4v) is 4.79. The van der Waals surface area contributed by atoms with Crippen molar-refractivity contribution in [3.8, 4) is 0 Å². The van der Waals surface area contributed by atoms with Crippen molar-refractivity contribution in [3.63, 3.8) is 0 Å². The molecule has 3 heteroatoms. The summed E-state index contributed by atoms with van der Waals surface area (Å²) in [4.78, 5) is 2.50. The summed E-state index contributed by atoms with van der Waals surface area (Å²) in [5.74, 6) is 0. The van der Waals surface area contributed by atoms with Crippen molar-refractivity contribution in [3.05, 3.63) is 72.4 Å². The van der Waals surface area contributed by atoms with Crippen LogP contribution in [0.25, 0.3) is 33.0 Å². The molecule has 0 aliphatic carbocycles. The van der Waals surface area contributed by atoms with E-state index in [1.165, 1.54) is 70.2 Å². The Hall–Kier alpha value is -3.07. The predicted octanol–water partition coefficient (Wildman–Crippen LogP) is 5.15. The van der Waals surface area contributed by atoms with Gasteiger partial charge in [-0.1, -0.05) is 13.0 Å². The molecule has 3 nitrogen and oxygen atoms in total. The number of hydrogen-bond donors (Lipinski definition) is 0. The van der Waals surface area contributed by atoms with E-state index in [2.05, 4.69) is 87.5 Å². The van der Waals surface area contributed by atoms with E-state index in [0.29, 0.717) is 0 Å². The van der Waals surface area contributed by atoms with Crippen LogP contribution in [0.3, 0.4) is 0 Å². The van der Waals surface area contributed by atoms with Crippen molar-refractivity contribution in [2.45, 2.75) is 26.2 Å². The third kappa shape index (κ3) is 2.26. The summed E-state index contributed by atoms with van der Waals surface area (Å²) >= 11 is 0. The molecule has 0 unspecified atom stereocenters. The molecule has 0 spiro atoms. The third-order valence-corrected chi connectivity index (χ3v) is 6.32. The number of hydrogen-bond acceptors (Lipinski definition) is 1. The molecule has 1 fully saturated rings. The van der Waals surface area contributed by atoms with Crippen molar-refractivity contribution >= 4 is 38.7 Å². The Morgan fingerprint density at radius 1 is 0.857 bits per heavy atom. The molecule has 0 N–H and O–H groups in total. The van der Waals surface area contributed by atoms with Crippen LogP contribution < -0.4 is 9.30 Å². The van der Waals surface area contributed by atoms with Gasteiger partial charge in [-0.05, 0) is 73.4 Å². The first-order valence-electron chi connectivity index (χ1n) is 10.4. The van der Waals surface area contributed by atoms with E-state index in [1.807, 2.05) is 0 Å². The lowest BCUT2D eigenvalue weighted by molar-refractivity contribution is -0.479. The molecule has 3 aromatic heterocycles. The van der Waals surface area contributed by atoms with E-state index in [1.54, 1.807) is 0 Å². The SMILES string of the molecule is CCc1ccc2c(ccc3n4c(ccc5cc(N6CCCC6)ccc54)c[n+]23)c1. The van der Waals surface area contributed by atoms with Gasteiger partial charge >= 0.3 is 0 Å². The summed E-state index contributed by atoms with van der Waals surface area (Å²) in [6, 6.07) is 22.8. The van der Waals surface area contributed by atoms with Crippen LogP contribution in [0, 0.1) is 0 Å². The Bertz CT molecular complexity index is 1360. The predicted molar refractivity (Wildman–Crippen MR) is 116 cm³/mol. The summed E-state index contributed by atoms with van der Waals surface area (Å²) in [6.45, 7) is 4.58. The zero-order valence-electron chi connectivity index (χ0n) is 16.2. The van der Waals surface area contributed by atoms with E-state index in [4.69, 9.17) is 0 Å². The van der Waals surface area contributed by atoms with E-state index >= 15 is 0 Å². The van der Waals surface area contributed by atoms with E-state index < -0.39 is 0 Å². The average molecular weight is 366 g/mol. The summed E-state index contributed by atoms with van der Waals surface area (Å²) in [7, 11) is 0. The minimum absolute atomic E-state index is 1.07. The fraction of sp³-hybridized carbons (Fsp3) is 0.240. The minimum atomic E-state index is 1.07. The van der Waals surface area contributed by atoms with E-state index in [9.17, 15) is 0 Å². The number of fused-ring (bicyclic) bond motifs is 7. The van der Waals surface area contributed by atoms with Crippen molar-refractivity contribution in [1.29, 1.82) is 0 Å². The number of nitrogens with zero attached hydrogens (tertiary/aromatic N) is 3. The molecule has 0 amide bonds. The fourth-order valence-electron chi connectivity index (χ4n) is 4.79. The molecule has 4 heterocycles. The van der Waals surface area contributed by atoms with E-state index in [-0.39, 0.29) is 0 Å². The van der Waals surface area contributed by atoms with E-state index in [0.717, 1.165) is 6.42 Å². The van der Waals surface area contributed by atoms with Gasteiger partial charge in [0.15, 0.2) is 5.52 Å². The lowest BCUT2D eigenvalue weighted by Crippen LogP contribution is -2.20. The molecular weight excluding hydrogens is 342 g/mol. The lowest BCUT2D eigenvalue weighted by atomic mass is 10.1. The van der Waals surface area contributed by atoms with Gasteiger partial charge in [-0.15, -0.1) is 0 Å². The molecule has 0 atom stereocenters. The topological polar surface area (TPSA) is 11.8 Å². The van der Waals surface area contributed by atoms with Gasteiger partial charge in [-0.3, -0.25) is 0 Å². The number of imidazole rings is 1. The third-order valence-electron chi connectivity index (χ3n) is 6.32. The van der Waals surface area contributed by atoms with Gasteiger partial charge < -0.3 is 4.90 Å². The molecule has 1 aliphatic rings. The van der Waals surface area contributed by atoms with Crippen LogP contribution in [0.15, 0.2) is 66.9 Å². The number of benzene rings is 2. The van der Waals surface area contributed by atoms with Crippen LogP contribution in [0.4, 0.5) is 5.69 Å². The Morgan fingerprint density at radius 2 is 1.71 bits per heavy atom. The summed E-state index contributed by atoms with van der Waals surface area (Å²) in [5, 5.41) is 2.60. The second-order valence-electron chi connectivity index (χ2n) is 7.97. The van der Waals surface area contributed by atoms with Gasteiger partial charge in [0.1, 0.15) is 17.2 Å². The normalized spacial score (nSPS) is 14.8. The first-order valence-corrected chi connectivity index (χ1v) is 10.4. The van der Waals surface area contributed by atoms with Gasteiger partial charge in [-0.2, -0.15) is 8.80 Å². The molecule has 0 radical (unpaired) electrons. The zero-order chi connectivity index (χ0) is 18.7. The zero-order valence-corrected chi connectivity index (χ0v) is 16.2. The van der Waals surface area contributed by atoms with Crippen LogP contribution >= 0.6 is 0 Å². The number of aromatic nitrogens is 2. The maximum absolute atomic E-state index is 2.50. The first-order chi connectivity index (χ1) is 13.8. The molecule has 0 saturated carbocycles. The molecule has 138 valence electrons. The summed E-state index contributed by atoms with van der Waals surface area (Å²) in [6.07, 6.45) is 5.95. The second kappa shape index (κ2) is 5.96. The standard InChI is InChI=1S/C25H24N3/c1-2-18-5-10-23-19(15-18)7-12-25-27(23)17-22-8-6-20-16-21(26-13-3-4-14-26)9-11-24(20)28(22)25/h5-12,15-17H,2-4,13-14H2,1H3/q+1. The van der Waals surface area contributed by atoms with Crippen molar-refractivity contribution in [2.75, 3.05) is 18.0 Å². The van der Waals surface area contributed by atoms with Gasteiger partial charge in [0, 0.05) is 35.6 Å². The van der Waals surface area contributed by atoms with Gasteiger partial charge in [-0.25, -0.2) is 0 Å². The second-order valence-corrected chi connectivity index (χ2v) is 7.97. The number of pyridine rings is 2. The highest BCUT2D eigenvalue weighted by Crippen LogP contribution is 2.27. The molecule has 1 aliphatic heterocycles. The number of aryl methyl sites for hydroxylation is 1. The molecule has 28 heavy (non-hydrogen) atoms. The highest BCUT2D eigenvalue weighted by Gasteiger charge is 2.18. The summed E-state index contributed by atoms with van der Waals surface area (Å²) < 4.78 is 4.72. The highest BCUT2D eigenvalue weighted by atomic mass is 15.1. The first kappa shape index (κ1) is 15.9. The Labute approximate surface area is 164 Å². The Kier molecular flexibility index (Phi) is 3.39. The van der Waals surface area contributed by atoms with Crippen molar-refractivity contribution < 1.29 is 4.40 Å². The number of rotatable bonds is 2. The van der Waals surface area contributed by atoms with Gasteiger partial charge in [0.2, 0.25) is 0 Å². The molecule has 2 aromatic carbocycles. The lowest BCUT2D eigenvalue weighted by Gasteiger charge is -2.17. The molecule has 0 bridgehead atoms. The van der Waals surface area contributed by atoms with Crippen molar-refractivity contribution in [2.24, 2.45) is 0 Å². The van der Waals surface area contributed by atoms with Crippen LogP contribution in [0.5, 0.6) is 0 Å². The van der Waals surface area contributed by atoms with Crippen molar-refractivity contribution in [1.82, 2.24) is 4.40 Å². The van der Waals surface area contributed by atoms with Gasteiger partial charge in [0.05, 0.1) is 0 Å². The van der Waals surface area contributed by atoms with Gasteiger partial charge in [0.25, 0.3) is 5.65 Å². The van der Waals surface area contributed by atoms with Crippen LogP contribution in [0.2, 0.25) is 0 Å². The quantitative estimate of drug-likeness (QED) is 0.394. The highest BCUT2D eigenvalue weighted by molar-refractivity contribution is 5.88. The Balaban J connectivity index is 1.63. The average Bonchev–Trinajstić information content (AvgIpc) is 3.40. The van der Waals surface area contributed by atoms with Crippen LogP contribution in [0.1, 0.15) is 25.3 Å². The monoisotopic (exact) mass is 366 g/mol. The molecule has 6 rings (SSSR count). The Morgan fingerprint density at radius 3 is 2.57 bits per heavy atom. The molecular formula is C25H24N3+. The maximum atomic E-state index is 2.50. The minimum Gasteiger partial charge on any atom is -0.372 e. The largest absolute Gasteiger partial charge is 0.372 e. The number of anilines is 1. The molecule has 1 saturated heterocycles. The van der Waals surface area contributed by atoms with Crippen LogP contribution in [-0.2, 0) is 6.42 Å². The molecule has 5 aromatic rings. The maximum Gasteiger partial charge on any atom is 0.292 e. The summed E-state index contributed by atoms with van der Waals surface area (Å²) in [5.41, 5.74) is 7.72.